The minimum atomic E-state index is 0.00911. The van der Waals surface area contributed by atoms with Crippen molar-refractivity contribution in [2.24, 2.45) is 5.92 Å². The molecular formula is C17H23N3O2. The number of carbonyl (C=O) groups excluding carboxylic acids is 1. The molecule has 2 aromatic rings. The summed E-state index contributed by atoms with van der Waals surface area (Å²) in [5, 5.41) is 11.9. The SMILES string of the molecule is CC(CCO)CNC(=O)Cn1c(C2CC2)nc2ccccc21. The Labute approximate surface area is 130 Å². The fraction of sp³-hybridized carbons (Fsp3) is 0.529. The molecule has 1 unspecified atom stereocenters. The smallest absolute Gasteiger partial charge is 0.240 e. The van der Waals surface area contributed by atoms with E-state index in [1.54, 1.807) is 0 Å². The van der Waals surface area contributed by atoms with Gasteiger partial charge in [0, 0.05) is 19.1 Å². The Kier molecular flexibility index (Phi) is 4.43. The molecule has 5 heteroatoms. The number of benzene rings is 1. The van der Waals surface area contributed by atoms with Gasteiger partial charge in [-0.25, -0.2) is 4.98 Å². The maximum atomic E-state index is 12.2. The number of carbonyl (C=O) groups is 1. The molecule has 0 radical (unpaired) electrons. The highest BCUT2D eigenvalue weighted by molar-refractivity contribution is 5.81. The summed E-state index contributed by atoms with van der Waals surface area (Å²) in [6.07, 6.45) is 3.04. The monoisotopic (exact) mass is 301 g/mol. The molecule has 1 atom stereocenters. The van der Waals surface area contributed by atoms with Gasteiger partial charge in [-0.1, -0.05) is 19.1 Å². The normalized spacial score (nSPS) is 15.9. The first-order valence-corrected chi connectivity index (χ1v) is 8.01. The Morgan fingerprint density at radius 2 is 2.23 bits per heavy atom. The molecule has 0 spiro atoms. The summed E-state index contributed by atoms with van der Waals surface area (Å²) in [6.45, 7) is 3.11. The molecule has 1 aromatic heterocycles. The zero-order valence-corrected chi connectivity index (χ0v) is 13.0. The summed E-state index contributed by atoms with van der Waals surface area (Å²) < 4.78 is 2.05. The number of aliphatic hydroxyl groups is 1. The van der Waals surface area contributed by atoms with Gasteiger partial charge in [0.1, 0.15) is 12.4 Å². The lowest BCUT2D eigenvalue weighted by atomic mass is 10.1. The van der Waals surface area contributed by atoms with Crippen LogP contribution in [-0.4, -0.2) is 33.7 Å². The molecular weight excluding hydrogens is 278 g/mol. The molecule has 0 bridgehead atoms. The van der Waals surface area contributed by atoms with E-state index in [9.17, 15) is 4.79 Å². The Balaban J connectivity index is 1.72. The second kappa shape index (κ2) is 6.48. The van der Waals surface area contributed by atoms with E-state index in [1.807, 2.05) is 31.2 Å². The van der Waals surface area contributed by atoms with Gasteiger partial charge in [-0.2, -0.15) is 0 Å². The average molecular weight is 301 g/mol. The number of aliphatic hydroxyl groups excluding tert-OH is 1. The van der Waals surface area contributed by atoms with Crippen LogP contribution >= 0.6 is 0 Å². The van der Waals surface area contributed by atoms with Crippen molar-refractivity contribution < 1.29 is 9.90 Å². The van der Waals surface area contributed by atoms with Crippen molar-refractivity contribution in [1.29, 1.82) is 0 Å². The van der Waals surface area contributed by atoms with Gasteiger partial charge in [-0.05, 0) is 37.3 Å². The van der Waals surface area contributed by atoms with E-state index in [4.69, 9.17) is 10.1 Å². The number of para-hydroxylation sites is 2. The number of amides is 1. The number of aromatic nitrogens is 2. The van der Waals surface area contributed by atoms with Crippen LogP contribution in [-0.2, 0) is 11.3 Å². The molecule has 1 heterocycles. The van der Waals surface area contributed by atoms with E-state index in [0.29, 0.717) is 25.4 Å². The zero-order valence-electron chi connectivity index (χ0n) is 13.0. The van der Waals surface area contributed by atoms with Crippen molar-refractivity contribution in [2.45, 2.75) is 38.6 Å². The molecule has 5 nitrogen and oxygen atoms in total. The molecule has 2 N–H and O–H groups in total. The average Bonchev–Trinajstić information content (AvgIpc) is 3.29. The van der Waals surface area contributed by atoms with Crippen LogP contribution in [0.15, 0.2) is 24.3 Å². The second-order valence-electron chi connectivity index (χ2n) is 6.24. The maximum Gasteiger partial charge on any atom is 0.240 e. The van der Waals surface area contributed by atoms with E-state index in [0.717, 1.165) is 16.9 Å². The number of fused-ring (bicyclic) bond motifs is 1. The Morgan fingerprint density at radius 3 is 2.95 bits per heavy atom. The molecule has 22 heavy (non-hydrogen) atoms. The van der Waals surface area contributed by atoms with Crippen molar-refractivity contribution in [3.8, 4) is 0 Å². The number of hydrogen-bond donors (Lipinski definition) is 2. The Hall–Kier alpha value is -1.88. The van der Waals surface area contributed by atoms with Crippen LogP contribution in [0.1, 0.15) is 37.9 Å². The van der Waals surface area contributed by atoms with E-state index in [-0.39, 0.29) is 18.4 Å². The standard InChI is InChI=1S/C17H23N3O2/c1-12(8-9-21)10-18-16(22)11-20-15-5-3-2-4-14(15)19-17(20)13-6-7-13/h2-5,12-13,21H,6-11H2,1H3,(H,18,22). The second-order valence-corrected chi connectivity index (χ2v) is 6.24. The van der Waals surface area contributed by atoms with E-state index in [2.05, 4.69) is 9.88 Å². The van der Waals surface area contributed by atoms with Crippen LogP contribution in [0, 0.1) is 5.92 Å². The molecule has 0 saturated heterocycles. The van der Waals surface area contributed by atoms with Crippen LogP contribution in [0.2, 0.25) is 0 Å². The quantitative estimate of drug-likeness (QED) is 0.822. The van der Waals surface area contributed by atoms with Gasteiger partial charge < -0.3 is 15.0 Å². The lowest BCUT2D eigenvalue weighted by Gasteiger charge is -2.13. The first kappa shape index (κ1) is 15.0. The minimum absolute atomic E-state index is 0.00911. The van der Waals surface area contributed by atoms with Crippen LogP contribution in [0.4, 0.5) is 0 Å². The number of hydrogen-bond acceptors (Lipinski definition) is 3. The first-order chi connectivity index (χ1) is 10.7. The predicted molar refractivity (Wildman–Crippen MR) is 85.6 cm³/mol. The van der Waals surface area contributed by atoms with Gasteiger partial charge in [0.2, 0.25) is 5.91 Å². The first-order valence-electron chi connectivity index (χ1n) is 8.01. The van der Waals surface area contributed by atoms with Crippen molar-refractivity contribution in [1.82, 2.24) is 14.9 Å². The van der Waals surface area contributed by atoms with Crippen LogP contribution in [0.25, 0.3) is 11.0 Å². The third kappa shape index (κ3) is 3.30. The maximum absolute atomic E-state index is 12.2. The van der Waals surface area contributed by atoms with Gasteiger partial charge in [0.05, 0.1) is 11.0 Å². The summed E-state index contributed by atoms with van der Waals surface area (Å²) in [4.78, 5) is 16.9. The molecule has 118 valence electrons. The van der Waals surface area contributed by atoms with Crippen molar-refractivity contribution in [3.05, 3.63) is 30.1 Å². The van der Waals surface area contributed by atoms with Crippen molar-refractivity contribution in [2.75, 3.05) is 13.2 Å². The van der Waals surface area contributed by atoms with Gasteiger partial charge in [-0.15, -0.1) is 0 Å². The lowest BCUT2D eigenvalue weighted by molar-refractivity contribution is -0.121. The Bertz CT molecular complexity index is 661. The number of rotatable bonds is 7. The fourth-order valence-corrected chi connectivity index (χ4v) is 2.72. The molecule has 1 amide bonds. The summed E-state index contributed by atoms with van der Waals surface area (Å²) in [7, 11) is 0. The molecule has 1 saturated carbocycles. The topological polar surface area (TPSA) is 67.2 Å². The van der Waals surface area contributed by atoms with Crippen molar-refractivity contribution in [3.63, 3.8) is 0 Å². The third-order valence-electron chi connectivity index (χ3n) is 4.20. The zero-order chi connectivity index (χ0) is 15.5. The summed E-state index contributed by atoms with van der Waals surface area (Å²) in [5.74, 6) is 1.85. The third-order valence-corrected chi connectivity index (χ3v) is 4.20. The molecule has 1 fully saturated rings. The molecule has 0 aliphatic heterocycles. The Morgan fingerprint density at radius 1 is 1.45 bits per heavy atom. The summed E-state index contributed by atoms with van der Waals surface area (Å²) in [5.41, 5.74) is 1.99. The number of nitrogens with zero attached hydrogens (tertiary/aromatic N) is 2. The lowest BCUT2D eigenvalue weighted by Crippen LogP contribution is -2.32. The summed E-state index contributed by atoms with van der Waals surface area (Å²) in [6, 6.07) is 7.99. The summed E-state index contributed by atoms with van der Waals surface area (Å²) >= 11 is 0. The number of imidazole rings is 1. The van der Waals surface area contributed by atoms with E-state index in [1.165, 1.54) is 12.8 Å². The molecule has 3 rings (SSSR count). The van der Waals surface area contributed by atoms with Gasteiger partial charge in [-0.3, -0.25) is 4.79 Å². The van der Waals surface area contributed by atoms with Crippen LogP contribution in [0.5, 0.6) is 0 Å². The van der Waals surface area contributed by atoms with Gasteiger partial charge in [0.25, 0.3) is 0 Å². The van der Waals surface area contributed by atoms with E-state index >= 15 is 0 Å². The largest absolute Gasteiger partial charge is 0.396 e. The van der Waals surface area contributed by atoms with Crippen LogP contribution in [0.3, 0.4) is 0 Å². The van der Waals surface area contributed by atoms with Gasteiger partial charge in [0.15, 0.2) is 0 Å². The highest BCUT2D eigenvalue weighted by Gasteiger charge is 2.30. The minimum Gasteiger partial charge on any atom is -0.396 e. The van der Waals surface area contributed by atoms with Crippen molar-refractivity contribution >= 4 is 16.9 Å². The fourth-order valence-electron chi connectivity index (χ4n) is 2.72. The highest BCUT2D eigenvalue weighted by Crippen LogP contribution is 2.40. The van der Waals surface area contributed by atoms with Crippen LogP contribution < -0.4 is 5.32 Å². The number of nitrogens with one attached hydrogen (secondary N) is 1. The van der Waals surface area contributed by atoms with E-state index < -0.39 is 0 Å². The highest BCUT2D eigenvalue weighted by atomic mass is 16.3. The molecule has 1 aliphatic rings. The van der Waals surface area contributed by atoms with Gasteiger partial charge >= 0.3 is 0 Å². The molecule has 1 aliphatic carbocycles. The molecule has 1 aromatic carbocycles. The predicted octanol–water partition coefficient (Wildman–Crippen LogP) is 2.05.